The number of amidine groups is 1. The van der Waals surface area contributed by atoms with Gasteiger partial charge < -0.3 is 9.47 Å². The Kier molecular flexibility index (Phi) is 9.67. The molecule has 1 aromatic heterocycles. The van der Waals surface area contributed by atoms with Crippen LogP contribution in [0.2, 0.25) is 0 Å². The number of benzene rings is 2. The van der Waals surface area contributed by atoms with Crippen LogP contribution in [-0.4, -0.2) is 65.9 Å². The normalized spacial score (nSPS) is 17.5. The average Bonchev–Trinajstić information content (AvgIpc) is 3.62. The quantitative estimate of drug-likeness (QED) is 0.337. The maximum absolute atomic E-state index is 12.8. The molecule has 3 heterocycles. The molecule has 1 saturated heterocycles. The summed E-state index contributed by atoms with van der Waals surface area (Å²) in [4.78, 5) is 41.7. The van der Waals surface area contributed by atoms with Crippen molar-refractivity contribution >= 4 is 52.4 Å². The number of hydrogen-bond donors (Lipinski definition) is 2. The minimum absolute atomic E-state index is 0.161. The van der Waals surface area contributed by atoms with Crippen LogP contribution in [-0.2, 0) is 22.7 Å². The summed E-state index contributed by atoms with van der Waals surface area (Å²) in [5.41, 5.74) is 6.93. The van der Waals surface area contributed by atoms with Gasteiger partial charge in [0.05, 0.1) is 23.7 Å². The zero-order valence-corrected chi connectivity index (χ0v) is 25.2. The molecule has 3 amide bonds. The first kappa shape index (κ1) is 31.9. The molecule has 2 aliphatic heterocycles. The number of urea groups is 1. The van der Waals surface area contributed by atoms with E-state index in [0.717, 1.165) is 16.7 Å². The molecule has 2 aliphatic rings. The van der Waals surface area contributed by atoms with E-state index < -0.39 is 18.7 Å². The van der Waals surface area contributed by atoms with Gasteiger partial charge in [0.2, 0.25) is 5.91 Å². The number of nitrogens with one attached hydrogen (secondary N) is 2. The number of aryl methyl sites for hydroxylation is 1. The molecule has 0 bridgehead atoms. The number of halogens is 3. The molecular weight excluding hydrogens is 613 g/mol. The van der Waals surface area contributed by atoms with Crippen LogP contribution in [0.3, 0.4) is 0 Å². The molecule has 0 aliphatic carbocycles. The summed E-state index contributed by atoms with van der Waals surface area (Å²) in [6, 6.07) is 13.8. The third-order valence-electron chi connectivity index (χ3n) is 6.58. The number of hydrazine groups is 1. The van der Waals surface area contributed by atoms with Crippen LogP contribution in [0.4, 0.5) is 35.2 Å². The van der Waals surface area contributed by atoms with Crippen molar-refractivity contribution in [1.82, 2.24) is 15.3 Å². The Hall–Kier alpha value is -4.51. The molecule has 3 aromatic rings. The first-order chi connectivity index (χ1) is 21.5. The lowest BCUT2D eigenvalue weighted by atomic mass is 10.1. The van der Waals surface area contributed by atoms with Crippen molar-refractivity contribution in [1.29, 1.82) is 0 Å². The molecule has 2 aromatic carbocycles. The molecule has 16 heteroatoms. The van der Waals surface area contributed by atoms with Crippen LogP contribution in [0, 0.1) is 6.92 Å². The van der Waals surface area contributed by atoms with E-state index in [9.17, 15) is 22.8 Å². The molecule has 0 saturated carbocycles. The molecule has 1 unspecified atom stereocenters. The van der Waals surface area contributed by atoms with E-state index >= 15 is 0 Å². The number of carbonyl (C=O) groups excluding carboxylic acids is 2. The summed E-state index contributed by atoms with van der Waals surface area (Å²) in [6.07, 6.45) is -2.06. The Morgan fingerprint density at radius 1 is 1.20 bits per heavy atom. The summed E-state index contributed by atoms with van der Waals surface area (Å²) in [6.45, 7) is 2.66. The van der Waals surface area contributed by atoms with E-state index in [2.05, 4.69) is 30.4 Å². The second-order valence-electron chi connectivity index (χ2n) is 10.1. The summed E-state index contributed by atoms with van der Waals surface area (Å²) >= 11 is 1.18. The third kappa shape index (κ3) is 8.16. The summed E-state index contributed by atoms with van der Waals surface area (Å²) in [5.74, 6) is -0.0515. The predicted molar refractivity (Wildman–Crippen MR) is 165 cm³/mol. The standard InChI is InChI=1S/C29H29F3N8O4S/c1-18-4-6-20(15-43-3)23(12-18)40-25(41)16-45-28(40)36-27(42)35-24-11-5-19(13-33-24)14-38(2)26-34-17-39(37-26)21-7-9-22(10-8-21)44-29(30,31)32/h4-13,17,26,37H,14-16H2,1-3H3,(H,33,35,42). The molecule has 0 spiro atoms. The molecule has 236 valence electrons. The zero-order chi connectivity index (χ0) is 32.1. The molecule has 0 radical (unpaired) electrons. The lowest BCUT2D eigenvalue weighted by Gasteiger charge is -2.25. The Morgan fingerprint density at radius 3 is 2.67 bits per heavy atom. The number of pyridine rings is 1. The highest BCUT2D eigenvalue weighted by molar-refractivity contribution is 8.15. The molecule has 1 atom stereocenters. The predicted octanol–water partition coefficient (Wildman–Crippen LogP) is 4.87. The minimum Gasteiger partial charge on any atom is -0.406 e. The summed E-state index contributed by atoms with van der Waals surface area (Å²) < 4.78 is 46.4. The van der Waals surface area contributed by atoms with Crippen molar-refractivity contribution in [3.05, 3.63) is 77.5 Å². The van der Waals surface area contributed by atoms with Crippen LogP contribution in [0.25, 0.3) is 0 Å². The number of alkyl halides is 3. The summed E-state index contributed by atoms with van der Waals surface area (Å²) in [7, 11) is 3.41. The molecule has 45 heavy (non-hydrogen) atoms. The van der Waals surface area contributed by atoms with E-state index in [4.69, 9.17) is 4.74 Å². The zero-order valence-electron chi connectivity index (χ0n) is 24.4. The van der Waals surface area contributed by atoms with Crippen LogP contribution < -0.4 is 25.4 Å². The lowest BCUT2D eigenvalue weighted by molar-refractivity contribution is -0.274. The van der Waals surface area contributed by atoms with Crippen molar-refractivity contribution in [2.45, 2.75) is 32.7 Å². The maximum atomic E-state index is 12.8. The van der Waals surface area contributed by atoms with Gasteiger partial charge in [-0.25, -0.2) is 14.8 Å². The van der Waals surface area contributed by atoms with Gasteiger partial charge in [-0.05, 0) is 61.5 Å². The van der Waals surface area contributed by atoms with Gasteiger partial charge >= 0.3 is 12.4 Å². The second-order valence-corrected chi connectivity index (χ2v) is 11.0. The SMILES string of the molecule is COCc1ccc(C)cc1N1C(=O)CSC1=NC(=O)Nc1ccc(CN(C)C2N=CN(c3ccc(OC(F)(F)F)cc3)N2)cn1. The first-order valence-corrected chi connectivity index (χ1v) is 14.5. The number of rotatable bonds is 9. The molecule has 2 N–H and O–H groups in total. The van der Waals surface area contributed by atoms with Crippen LogP contribution in [0.15, 0.2) is 70.8 Å². The van der Waals surface area contributed by atoms with E-state index in [1.54, 1.807) is 30.4 Å². The van der Waals surface area contributed by atoms with Gasteiger partial charge in [0, 0.05) is 25.4 Å². The van der Waals surface area contributed by atoms with Crippen molar-refractivity contribution in [3.63, 3.8) is 0 Å². The Labute approximate surface area is 260 Å². The number of anilines is 3. The average molecular weight is 643 g/mol. The van der Waals surface area contributed by atoms with Gasteiger partial charge in [-0.1, -0.05) is 30.0 Å². The number of amides is 3. The van der Waals surface area contributed by atoms with Crippen LogP contribution >= 0.6 is 11.8 Å². The van der Waals surface area contributed by atoms with E-state index in [1.165, 1.54) is 47.3 Å². The Balaban J connectivity index is 1.16. The van der Waals surface area contributed by atoms with Crippen molar-refractivity contribution in [2.75, 3.05) is 35.1 Å². The largest absolute Gasteiger partial charge is 0.573 e. The van der Waals surface area contributed by atoms with Crippen molar-refractivity contribution < 1.29 is 32.2 Å². The fraction of sp³-hybridized carbons (Fsp3) is 0.276. The van der Waals surface area contributed by atoms with Gasteiger partial charge in [0.1, 0.15) is 17.9 Å². The van der Waals surface area contributed by atoms with Crippen LogP contribution in [0.1, 0.15) is 16.7 Å². The Bertz CT molecular complexity index is 1600. The van der Waals surface area contributed by atoms with E-state index in [1.807, 2.05) is 37.1 Å². The summed E-state index contributed by atoms with van der Waals surface area (Å²) in [5, 5.41) is 4.50. The Morgan fingerprint density at radius 2 is 1.98 bits per heavy atom. The molecule has 12 nitrogen and oxygen atoms in total. The number of carbonyl (C=O) groups is 2. The third-order valence-corrected chi connectivity index (χ3v) is 7.50. The van der Waals surface area contributed by atoms with Gasteiger partial charge in [0.25, 0.3) is 0 Å². The van der Waals surface area contributed by atoms with E-state index in [-0.39, 0.29) is 28.4 Å². The van der Waals surface area contributed by atoms with Crippen molar-refractivity contribution in [3.8, 4) is 5.75 Å². The molecule has 1 fully saturated rings. The monoisotopic (exact) mass is 642 g/mol. The van der Waals surface area contributed by atoms with Crippen molar-refractivity contribution in [2.24, 2.45) is 9.98 Å². The number of aliphatic imine (C=N–C) groups is 2. The van der Waals surface area contributed by atoms with Gasteiger partial charge in [-0.2, -0.15) is 10.4 Å². The topological polar surface area (TPSA) is 124 Å². The number of ether oxygens (including phenoxy) is 2. The molecular formula is C29H29F3N8O4S. The highest BCUT2D eigenvalue weighted by Crippen LogP contribution is 2.31. The highest BCUT2D eigenvalue weighted by atomic mass is 32.2. The fourth-order valence-corrected chi connectivity index (χ4v) is 5.37. The fourth-order valence-electron chi connectivity index (χ4n) is 4.51. The minimum atomic E-state index is -4.76. The smallest absolute Gasteiger partial charge is 0.406 e. The van der Waals surface area contributed by atoms with E-state index in [0.29, 0.717) is 24.5 Å². The number of thioether (sulfide) groups is 1. The number of methoxy groups -OCH3 is 1. The second kappa shape index (κ2) is 13.6. The van der Waals surface area contributed by atoms with Gasteiger partial charge in [-0.15, -0.1) is 13.2 Å². The number of nitrogens with zero attached hydrogens (tertiary/aromatic N) is 6. The number of hydrogen-bond acceptors (Lipinski definition) is 10. The maximum Gasteiger partial charge on any atom is 0.573 e. The lowest BCUT2D eigenvalue weighted by Crippen LogP contribution is -2.45. The molecule has 5 rings (SSSR count). The highest BCUT2D eigenvalue weighted by Gasteiger charge is 2.33. The van der Waals surface area contributed by atoms with Gasteiger partial charge in [-0.3, -0.25) is 24.9 Å². The van der Waals surface area contributed by atoms with Gasteiger partial charge in [0.15, 0.2) is 11.5 Å². The van der Waals surface area contributed by atoms with Crippen LogP contribution in [0.5, 0.6) is 5.75 Å². The first-order valence-electron chi connectivity index (χ1n) is 13.5. The number of aromatic nitrogens is 1.